The molecule has 1 aromatic heterocycles. The minimum absolute atomic E-state index is 0.167. The zero-order valence-corrected chi connectivity index (χ0v) is 10.9. The normalized spacial score (nSPS) is 12.9. The van der Waals surface area contributed by atoms with Gasteiger partial charge >= 0.3 is 5.97 Å². The van der Waals surface area contributed by atoms with Crippen molar-refractivity contribution in [2.24, 2.45) is 0 Å². The van der Waals surface area contributed by atoms with Crippen LogP contribution in [0.25, 0.3) is 5.69 Å². The summed E-state index contributed by atoms with van der Waals surface area (Å²) in [6, 6.07) is 7.20. The highest BCUT2D eigenvalue weighted by atomic mass is 16.5. The van der Waals surface area contributed by atoms with Gasteiger partial charge in [-0.15, -0.1) is 0 Å². The SMILES string of the molecule is CCOC(=O)c1ncn2c1CNC(=O)c1ccccc1-2. The highest BCUT2D eigenvalue weighted by molar-refractivity contribution is 5.99. The van der Waals surface area contributed by atoms with Crippen molar-refractivity contribution < 1.29 is 14.3 Å². The van der Waals surface area contributed by atoms with Crippen molar-refractivity contribution in [2.45, 2.75) is 13.5 Å². The highest BCUT2D eigenvalue weighted by Gasteiger charge is 2.25. The van der Waals surface area contributed by atoms with Gasteiger partial charge in [0.15, 0.2) is 5.69 Å². The summed E-state index contributed by atoms with van der Waals surface area (Å²) in [5.74, 6) is -0.644. The van der Waals surface area contributed by atoms with E-state index in [1.807, 2.05) is 12.1 Å². The van der Waals surface area contributed by atoms with Crippen LogP contribution in [0.2, 0.25) is 0 Å². The van der Waals surface area contributed by atoms with E-state index in [4.69, 9.17) is 4.74 Å². The largest absolute Gasteiger partial charge is 0.461 e. The van der Waals surface area contributed by atoms with Crippen LogP contribution < -0.4 is 5.32 Å². The van der Waals surface area contributed by atoms with Gasteiger partial charge in [-0.3, -0.25) is 9.36 Å². The number of hydrogen-bond donors (Lipinski definition) is 1. The molecule has 1 N–H and O–H groups in total. The topological polar surface area (TPSA) is 73.2 Å². The van der Waals surface area contributed by atoms with E-state index in [1.54, 1.807) is 30.0 Å². The lowest BCUT2D eigenvalue weighted by atomic mass is 10.1. The molecule has 0 spiro atoms. The number of amides is 1. The van der Waals surface area contributed by atoms with Crippen LogP contribution in [0, 0.1) is 0 Å². The lowest BCUT2D eigenvalue weighted by molar-refractivity contribution is 0.0518. The number of carbonyl (C=O) groups is 2. The first-order chi connectivity index (χ1) is 9.72. The molecule has 0 saturated heterocycles. The van der Waals surface area contributed by atoms with Gasteiger partial charge in [0, 0.05) is 0 Å². The first-order valence-electron chi connectivity index (χ1n) is 6.33. The van der Waals surface area contributed by atoms with Gasteiger partial charge in [0.25, 0.3) is 5.91 Å². The van der Waals surface area contributed by atoms with E-state index in [-0.39, 0.29) is 24.8 Å². The highest BCUT2D eigenvalue weighted by Crippen LogP contribution is 2.22. The molecule has 0 saturated carbocycles. The third-order valence-electron chi connectivity index (χ3n) is 3.16. The number of nitrogens with one attached hydrogen (secondary N) is 1. The van der Waals surface area contributed by atoms with Crippen LogP contribution >= 0.6 is 0 Å². The number of imidazole rings is 1. The summed E-state index contributed by atoms with van der Waals surface area (Å²) >= 11 is 0. The van der Waals surface area contributed by atoms with Crippen LogP contribution in [0.4, 0.5) is 0 Å². The summed E-state index contributed by atoms with van der Waals surface area (Å²) in [6.45, 7) is 2.26. The van der Waals surface area contributed by atoms with Gasteiger partial charge in [-0.2, -0.15) is 0 Å². The van der Waals surface area contributed by atoms with E-state index in [2.05, 4.69) is 10.3 Å². The predicted molar refractivity (Wildman–Crippen MR) is 70.7 cm³/mol. The van der Waals surface area contributed by atoms with Crippen LogP contribution in [0.15, 0.2) is 30.6 Å². The van der Waals surface area contributed by atoms with Gasteiger partial charge in [-0.25, -0.2) is 9.78 Å². The Labute approximate surface area is 115 Å². The Kier molecular flexibility index (Phi) is 2.98. The maximum absolute atomic E-state index is 12.0. The molecule has 0 bridgehead atoms. The molecule has 0 fully saturated rings. The molecular formula is C14H13N3O3. The maximum atomic E-state index is 12.0. The van der Waals surface area contributed by atoms with Crippen LogP contribution in [0.1, 0.15) is 33.5 Å². The Morgan fingerprint density at radius 2 is 2.25 bits per heavy atom. The fourth-order valence-electron chi connectivity index (χ4n) is 2.26. The molecule has 6 nitrogen and oxygen atoms in total. The second kappa shape index (κ2) is 4.80. The first kappa shape index (κ1) is 12.4. The van der Waals surface area contributed by atoms with Crippen molar-refractivity contribution in [1.29, 1.82) is 0 Å². The van der Waals surface area contributed by atoms with Crippen LogP contribution in [-0.4, -0.2) is 28.0 Å². The summed E-state index contributed by atoms with van der Waals surface area (Å²) in [6.07, 6.45) is 1.54. The second-order valence-electron chi connectivity index (χ2n) is 4.33. The molecule has 0 aliphatic carbocycles. The number of para-hydroxylation sites is 1. The van der Waals surface area contributed by atoms with Gasteiger partial charge in [-0.1, -0.05) is 12.1 Å². The number of hydrogen-bond acceptors (Lipinski definition) is 4. The Morgan fingerprint density at radius 1 is 1.45 bits per heavy atom. The summed E-state index contributed by atoms with van der Waals surface area (Å²) < 4.78 is 6.73. The third-order valence-corrected chi connectivity index (χ3v) is 3.16. The summed E-state index contributed by atoms with van der Waals surface area (Å²) in [5.41, 5.74) is 2.13. The molecule has 102 valence electrons. The lowest BCUT2D eigenvalue weighted by Gasteiger charge is -2.07. The van der Waals surface area contributed by atoms with Crippen LogP contribution in [-0.2, 0) is 11.3 Å². The maximum Gasteiger partial charge on any atom is 0.358 e. The molecule has 0 radical (unpaired) electrons. The van der Waals surface area contributed by atoms with E-state index in [0.29, 0.717) is 16.9 Å². The number of nitrogens with zero attached hydrogens (tertiary/aromatic N) is 2. The first-order valence-corrected chi connectivity index (χ1v) is 6.33. The quantitative estimate of drug-likeness (QED) is 0.835. The lowest BCUT2D eigenvalue weighted by Crippen LogP contribution is -2.22. The van der Waals surface area contributed by atoms with Gasteiger partial charge in [0.2, 0.25) is 0 Å². The fourth-order valence-corrected chi connectivity index (χ4v) is 2.26. The van der Waals surface area contributed by atoms with E-state index in [0.717, 1.165) is 0 Å². The van der Waals surface area contributed by atoms with Gasteiger partial charge in [0.1, 0.15) is 6.33 Å². The van der Waals surface area contributed by atoms with Gasteiger partial charge in [-0.05, 0) is 19.1 Å². The second-order valence-corrected chi connectivity index (χ2v) is 4.33. The average molecular weight is 271 g/mol. The summed E-state index contributed by atoms with van der Waals surface area (Å²) in [7, 11) is 0. The Bertz CT molecular complexity index is 691. The number of benzene rings is 1. The summed E-state index contributed by atoms with van der Waals surface area (Å²) in [5, 5.41) is 2.77. The van der Waals surface area contributed by atoms with E-state index < -0.39 is 5.97 Å². The minimum atomic E-state index is -0.477. The van der Waals surface area contributed by atoms with Crippen molar-refractivity contribution in [3.63, 3.8) is 0 Å². The molecule has 1 amide bonds. The number of carbonyl (C=O) groups excluding carboxylic acids is 2. The zero-order chi connectivity index (χ0) is 14.1. The fraction of sp³-hybridized carbons (Fsp3) is 0.214. The van der Waals surface area contributed by atoms with Crippen molar-refractivity contribution in [2.75, 3.05) is 6.61 Å². The molecule has 3 rings (SSSR count). The van der Waals surface area contributed by atoms with E-state index >= 15 is 0 Å². The number of esters is 1. The molecule has 1 aliphatic heterocycles. The number of ether oxygens (including phenoxy) is 1. The predicted octanol–water partition coefficient (Wildman–Crippen LogP) is 1.29. The van der Waals surface area contributed by atoms with Crippen LogP contribution in [0.3, 0.4) is 0 Å². The molecule has 2 heterocycles. The van der Waals surface area contributed by atoms with Gasteiger partial charge < -0.3 is 10.1 Å². The molecule has 1 aromatic carbocycles. The number of fused-ring (bicyclic) bond motifs is 3. The summed E-state index contributed by atoms with van der Waals surface area (Å²) in [4.78, 5) is 28.0. The van der Waals surface area contributed by atoms with E-state index in [9.17, 15) is 9.59 Å². The molecular weight excluding hydrogens is 258 g/mol. The van der Waals surface area contributed by atoms with E-state index in [1.165, 1.54) is 0 Å². The molecule has 2 aromatic rings. The Hall–Kier alpha value is -2.63. The number of rotatable bonds is 2. The standard InChI is InChI=1S/C14H13N3O3/c1-2-20-14(19)12-11-7-15-13(18)9-5-3-4-6-10(9)17(11)8-16-12/h3-6,8H,2,7H2,1H3,(H,15,18). The van der Waals surface area contributed by atoms with Crippen LogP contribution in [0.5, 0.6) is 0 Å². The smallest absolute Gasteiger partial charge is 0.358 e. The minimum Gasteiger partial charge on any atom is -0.461 e. The zero-order valence-electron chi connectivity index (χ0n) is 10.9. The number of aromatic nitrogens is 2. The Morgan fingerprint density at radius 3 is 3.05 bits per heavy atom. The monoisotopic (exact) mass is 271 g/mol. The van der Waals surface area contributed by atoms with Crippen molar-refractivity contribution in [3.05, 3.63) is 47.5 Å². The van der Waals surface area contributed by atoms with Crippen molar-refractivity contribution in [1.82, 2.24) is 14.9 Å². The molecule has 20 heavy (non-hydrogen) atoms. The van der Waals surface area contributed by atoms with Gasteiger partial charge in [0.05, 0.1) is 30.1 Å². The molecule has 0 atom stereocenters. The van der Waals surface area contributed by atoms with Crippen molar-refractivity contribution in [3.8, 4) is 5.69 Å². The molecule has 0 unspecified atom stereocenters. The van der Waals surface area contributed by atoms with Crippen molar-refractivity contribution >= 4 is 11.9 Å². The molecule has 1 aliphatic rings. The average Bonchev–Trinajstić information content (AvgIpc) is 2.83. The Balaban J connectivity index is 2.14. The third kappa shape index (κ3) is 1.85. The molecule has 6 heteroatoms.